The summed E-state index contributed by atoms with van der Waals surface area (Å²) >= 11 is 0. The molecule has 19 nitrogen and oxygen atoms in total. The fraction of sp³-hybridized carbons (Fsp3) is 0.917. The van der Waals surface area contributed by atoms with Crippen molar-refractivity contribution < 1.29 is 94.8 Å². The third-order valence-electron chi connectivity index (χ3n) is 18.7. The summed E-state index contributed by atoms with van der Waals surface area (Å²) in [5.41, 5.74) is -0.183. The second-order valence-electron chi connectivity index (χ2n) is 23.3. The molecule has 24 unspecified atom stereocenters. The highest BCUT2D eigenvalue weighted by Crippen LogP contribution is 2.75. The average Bonchev–Trinajstić information content (AvgIpc) is 3.28. The van der Waals surface area contributed by atoms with Crippen LogP contribution in [0.25, 0.3) is 0 Å². The van der Waals surface area contributed by atoms with Crippen LogP contribution in [0.3, 0.4) is 0 Å². The van der Waals surface area contributed by atoms with Gasteiger partial charge in [0.2, 0.25) is 0 Å². The van der Waals surface area contributed by atoms with E-state index in [0.717, 1.165) is 18.4 Å². The van der Waals surface area contributed by atoms with Gasteiger partial charge in [-0.15, -0.1) is 0 Å². The molecule has 5 aliphatic carbocycles. The number of hydrogen-bond donors (Lipinski definition) is 13. The lowest BCUT2D eigenvalue weighted by atomic mass is 9.33. The Morgan fingerprint density at radius 3 is 1.84 bits per heavy atom. The molecule has 0 spiro atoms. The van der Waals surface area contributed by atoms with Crippen LogP contribution in [0.2, 0.25) is 0 Å². The summed E-state index contributed by atoms with van der Waals surface area (Å²) in [5, 5.41) is 141. The lowest BCUT2D eigenvalue weighted by molar-refractivity contribution is -0.372. The zero-order valence-electron chi connectivity index (χ0n) is 39.6. The molecule has 67 heavy (non-hydrogen) atoms. The van der Waals surface area contributed by atoms with Gasteiger partial charge in [0.1, 0.15) is 73.2 Å². The molecule has 0 aromatic carbocycles. The Kier molecular flexibility index (Phi) is 14.5. The third-order valence-corrected chi connectivity index (χ3v) is 18.7. The van der Waals surface area contributed by atoms with Crippen LogP contribution in [0.5, 0.6) is 0 Å². The molecule has 19 heteroatoms. The predicted octanol–water partition coefficient (Wildman–Crippen LogP) is -1.52. The van der Waals surface area contributed by atoms with Crippen LogP contribution in [-0.2, 0) is 28.4 Å². The van der Waals surface area contributed by atoms with Crippen molar-refractivity contribution in [3.8, 4) is 0 Å². The summed E-state index contributed by atoms with van der Waals surface area (Å²) in [6.07, 6.45) is -16.5. The van der Waals surface area contributed by atoms with Crippen LogP contribution in [0.4, 0.5) is 0 Å². The normalized spacial score (nSPS) is 54.2. The van der Waals surface area contributed by atoms with Gasteiger partial charge in [0.25, 0.3) is 0 Å². The van der Waals surface area contributed by atoms with E-state index in [2.05, 4.69) is 53.7 Å². The Bertz CT molecular complexity index is 1830. The summed E-state index contributed by atoms with van der Waals surface area (Å²) in [6, 6.07) is 0. The number of fused-ring (bicyclic) bond motifs is 6. The number of ether oxygens (including phenoxy) is 6. The molecule has 3 saturated heterocycles. The van der Waals surface area contributed by atoms with Gasteiger partial charge in [0, 0.05) is 17.4 Å². The number of rotatable bonds is 11. The molecule has 0 aromatic rings. The van der Waals surface area contributed by atoms with E-state index in [-0.39, 0.29) is 35.9 Å². The molecule has 0 bridgehead atoms. The molecule has 8 aliphatic rings. The van der Waals surface area contributed by atoms with Gasteiger partial charge in [0.05, 0.1) is 38.6 Å². The summed E-state index contributed by atoms with van der Waals surface area (Å²) in [5.74, 6) is -0.0749. The Hall–Kier alpha value is -1.28. The monoisotopic (exact) mass is 959 g/mol. The molecular weight excluding hydrogens is 881 g/mol. The van der Waals surface area contributed by atoms with Crippen molar-refractivity contribution in [2.24, 2.45) is 44.3 Å². The highest BCUT2D eigenvalue weighted by atomic mass is 16.8. The van der Waals surface area contributed by atoms with Crippen molar-refractivity contribution in [3.05, 3.63) is 23.3 Å². The Labute approximate surface area is 391 Å². The van der Waals surface area contributed by atoms with Crippen LogP contribution in [0, 0.1) is 44.3 Å². The van der Waals surface area contributed by atoms with E-state index in [1.807, 2.05) is 0 Å². The van der Waals surface area contributed by atoms with Crippen molar-refractivity contribution >= 4 is 0 Å². The van der Waals surface area contributed by atoms with E-state index in [1.165, 1.54) is 5.57 Å². The molecule has 384 valence electrons. The first-order valence-electron chi connectivity index (χ1n) is 24.3. The van der Waals surface area contributed by atoms with E-state index in [0.29, 0.717) is 38.5 Å². The van der Waals surface area contributed by atoms with E-state index < -0.39 is 146 Å². The van der Waals surface area contributed by atoms with E-state index >= 15 is 0 Å². The maximum atomic E-state index is 12.1. The highest BCUT2D eigenvalue weighted by molar-refractivity contribution is 5.47. The van der Waals surface area contributed by atoms with Crippen molar-refractivity contribution in [1.82, 2.24) is 0 Å². The standard InChI is InChI=1S/C48H78O19/c1-43(2)11-12-48(21-52)24(14-43)23-7-8-28-45(4)10-9-22(13-29(45)44(3,20-51)19-47(28,6)46(23,5)15-30(48)53)63-41-38(61)35(58)39(67-42-37(60)34(57)32(55)26(17-50)65-42)27(66-41)18-62-40-36(59)33(56)31(54)25(16-49)64-40/h7-8,22,25-42,49-61H,9-21H2,1-6H3. The molecule has 13 N–H and O–H groups in total. The topological polar surface area (TPSA) is 318 Å². The molecule has 3 heterocycles. The lowest BCUT2D eigenvalue weighted by Crippen LogP contribution is -2.67. The fourth-order valence-electron chi connectivity index (χ4n) is 14.6. The quantitative estimate of drug-likeness (QED) is 0.105. The molecule has 0 aromatic heterocycles. The molecule has 6 fully saturated rings. The minimum atomic E-state index is -1.89. The first-order chi connectivity index (χ1) is 31.4. The number of hydrogen-bond acceptors (Lipinski definition) is 19. The Morgan fingerprint density at radius 2 is 1.22 bits per heavy atom. The van der Waals surface area contributed by atoms with Gasteiger partial charge in [-0.3, -0.25) is 0 Å². The third kappa shape index (κ3) is 8.34. The zero-order valence-corrected chi connectivity index (χ0v) is 39.6. The number of allylic oxidation sites excluding steroid dienone is 3. The zero-order chi connectivity index (χ0) is 49.0. The second kappa shape index (κ2) is 18.6. The molecule has 3 aliphatic heterocycles. The maximum Gasteiger partial charge on any atom is 0.187 e. The average molecular weight is 959 g/mol. The predicted molar refractivity (Wildman–Crippen MR) is 233 cm³/mol. The van der Waals surface area contributed by atoms with Gasteiger partial charge in [-0.2, -0.15) is 0 Å². The van der Waals surface area contributed by atoms with Crippen LogP contribution in [0.1, 0.15) is 92.9 Å². The van der Waals surface area contributed by atoms with E-state index in [4.69, 9.17) is 28.4 Å². The summed E-state index contributed by atoms with van der Waals surface area (Å²) in [7, 11) is 0. The summed E-state index contributed by atoms with van der Waals surface area (Å²) in [4.78, 5) is 0. The van der Waals surface area contributed by atoms with Gasteiger partial charge in [0.15, 0.2) is 18.9 Å². The van der Waals surface area contributed by atoms with Crippen LogP contribution < -0.4 is 0 Å². The Balaban J connectivity index is 1.05. The second-order valence-corrected chi connectivity index (χ2v) is 23.3. The number of aliphatic hydroxyl groups excluding tert-OH is 13. The Morgan fingerprint density at radius 1 is 0.642 bits per heavy atom. The van der Waals surface area contributed by atoms with Crippen molar-refractivity contribution in [2.45, 2.75) is 197 Å². The first-order valence-corrected chi connectivity index (χ1v) is 24.3. The SMILES string of the molecule is CC1(C)CCC2(CO)C(=C3C=CC4C5(C)CCC(OC6OC(COC7OC(CO)C(O)C(O)C7O)C(OC7OC(CO)C(O)C(O)C7O)C(O)C6O)CC5C(C)(CO)CC4(C)C3(C)CC2O)C1. The van der Waals surface area contributed by atoms with Crippen molar-refractivity contribution in [2.75, 3.05) is 33.0 Å². The van der Waals surface area contributed by atoms with Gasteiger partial charge < -0.3 is 94.8 Å². The summed E-state index contributed by atoms with van der Waals surface area (Å²) < 4.78 is 35.7. The van der Waals surface area contributed by atoms with Crippen LogP contribution in [-0.4, -0.2) is 204 Å². The van der Waals surface area contributed by atoms with Gasteiger partial charge in [-0.25, -0.2) is 0 Å². The van der Waals surface area contributed by atoms with Crippen molar-refractivity contribution in [3.63, 3.8) is 0 Å². The summed E-state index contributed by atoms with van der Waals surface area (Å²) in [6.45, 7) is 11.1. The number of aliphatic hydroxyl groups is 13. The fourth-order valence-corrected chi connectivity index (χ4v) is 14.6. The lowest BCUT2D eigenvalue weighted by Gasteiger charge is -2.71. The molecular formula is C48H78O19. The van der Waals surface area contributed by atoms with Gasteiger partial charge in [-0.05, 0) is 90.4 Å². The van der Waals surface area contributed by atoms with Crippen molar-refractivity contribution in [1.29, 1.82) is 0 Å². The highest BCUT2D eigenvalue weighted by Gasteiger charge is 2.70. The minimum absolute atomic E-state index is 0.00740. The van der Waals surface area contributed by atoms with E-state index in [9.17, 15) is 66.4 Å². The molecule has 8 rings (SSSR count). The molecule has 3 saturated carbocycles. The van der Waals surface area contributed by atoms with Crippen LogP contribution >= 0.6 is 0 Å². The van der Waals surface area contributed by atoms with Gasteiger partial charge >= 0.3 is 0 Å². The van der Waals surface area contributed by atoms with Gasteiger partial charge in [-0.1, -0.05) is 59.3 Å². The molecule has 24 atom stereocenters. The smallest absolute Gasteiger partial charge is 0.187 e. The maximum absolute atomic E-state index is 12.1. The molecule has 0 amide bonds. The largest absolute Gasteiger partial charge is 0.396 e. The van der Waals surface area contributed by atoms with Crippen LogP contribution in [0.15, 0.2) is 23.3 Å². The minimum Gasteiger partial charge on any atom is -0.396 e. The van der Waals surface area contributed by atoms with E-state index in [1.54, 1.807) is 0 Å². The molecule has 0 radical (unpaired) electrons. The first kappa shape index (κ1) is 52.1.